The van der Waals surface area contributed by atoms with Crippen LogP contribution in [0.5, 0.6) is 0 Å². The zero-order valence-electron chi connectivity index (χ0n) is 9.99. The van der Waals surface area contributed by atoms with Gasteiger partial charge in [-0.3, -0.25) is 0 Å². The summed E-state index contributed by atoms with van der Waals surface area (Å²) in [5, 5.41) is 9.20. The molecule has 15 heavy (non-hydrogen) atoms. The Morgan fingerprint density at radius 3 is 2.33 bits per heavy atom. The monoisotopic (exact) mass is 215 g/mol. The van der Waals surface area contributed by atoms with Crippen molar-refractivity contribution in [2.45, 2.75) is 58.3 Å². The van der Waals surface area contributed by atoms with Gasteiger partial charge < -0.3 is 14.7 Å². The van der Waals surface area contributed by atoms with E-state index in [2.05, 4.69) is 0 Å². The van der Waals surface area contributed by atoms with Crippen LogP contribution in [0, 0.1) is 0 Å². The summed E-state index contributed by atoms with van der Waals surface area (Å²) >= 11 is 0. The van der Waals surface area contributed by atoms with Gasteiger partial charge in [0, 0.05) is 12.6 Å². The average molecular weight is 215 g/mol. The van der Waals surface area contributed by atoms with Gasteiger partial charge in [0.1, 0.15) is 5.60 Å². The van der Waals surface area contributed by atoms with Crippen molar-refractivity contribution < 1.29 is 14.6 Å². The lowest BCUT2D eigenvalue weighted by Gasteiger charge is -2.40. The van der Waals surface area contributed by atoms with Crippen LogP contribution in [0.2, 0.25) is 0 Å². The zero-order valence-corrected chi connectivity index (χ0v) is 9.99. The molecule has 1 rings (SSSR count). The molecule has 4 heteroatoms. The molecule has 0 atom stereocenters. The minimum Gasteiger partial charge on any atom is -0.444 e. The van der Waals surface area contributed by atoms with Crippen LogP contribution >= 0.6 is 0 Å². The minimum absolute atomic E-state index is 0.153. The molecule has 0 spiro atoms. The van der Waals surface area contributed by atoms with Crippen LogP contribution in [0.25, 0.3) is 0 Å². The molecule has 0 aromatic rings. The number of ether oxygens (including phenoxy) is 1. The third-order valence-corrected chi connectivity index (χ3v) is 2.50. The summed E-state index contributed by atoms with van der Waals surface area (Å²) in [4.78, 5) is 13.4. The third-order valence-electron chi connectivity index (χ3n) is 2.50. The molecule has 0 aliphatic heterocycles. The Bertz CT molecular complexity index is 228. The lowest BCUT2D eigenvalue weighted by molar-refractivity contribution is -0.0224. The number of hydrogen-bond acceptors (Lipinski definition) is 3. The Morgan fingerprint density at radius 1 is 1.47 bits per heavy atom. The van der Waals surface area contributed by atoms with Crippen LogP contribution in [-0.2, 0) is 4.74 Å². The van der Waals surface area contributed by atoms with Gasteiger partial charge in [0.05, 0.1) is 6.10 Å². The van der Waals surface area contributed by atoms with Gasteiger partial charge in [-0.15, -0.1) is 0 Å². The highest BCUT2D eigenvalue weighted by Crippen LogP contribution is 2.26. The molecule has 0 radical (unpaired) electrons. The number of aliphatic hydroxyl groups is 1. The summed E-state index contributed by atoms with van der Waals surface area (Å²) in [6, 6.07) is 0.153. The smallest absolute Gasteiger partial charge is 0.410 e. The third kappa shape index (κ3) is 3.38. The van der Waals surface area contributed by atoms with Crippen molar-refractivity contribution >= 4 is 6.09 Å². The number of hydrogen-bond donors (Lipinski definition) is 1. The highest BCUT2D eigenvalue weighted by atomic mass is 16.6. The molecule has 0 aromatic heterocycles. The van der Waals surface area contributed by atoms with E-state index in [1.54, 1.807) is 4.90 Å². The lowest BCUT2D eigenvalue weighted by atomic mass is 9.88. The normalized spacial score (nSPS) is 25.7. The number of carbonyl (C=O) groups excluding carboxylic acids is 1. The van der Waals surface area contributed by atoms with E-state index in [0.717, 1.165) is 0 Å². The molecule has 1 aliphatic carbocycles. The van der Waals surface area contributed by atoms with Crippen molar-refractivity contribution in [3.05, 3.63) is 0 Å². The molecule has 1 N–H and O–H groups in total. The largest absolute Gasteiger partial charge is 0.444 e. The Labute approximate surface area is 91.2 Å². The molecule has 0 saturated heterocycles. The standard InChI is InChI=1S/C11H21NO3/c1-5-12(8-6-9(13)7-8)10(14)15-11(2,3)4/h8-9,13H,5-7H2,1-4H3. The molecule has 1 aliphatic rings. The maximum Gasteiger partial charge on any atom is 0.410 e. The second-order valence-electron chi connectivity index (χ2n) is 5.05. The van der Waals surface area contributed by atoms with Crippen molar-refractivity contribution in [2.75, 3.05) is 6.54 Å². The van der Waals surface area contributed by atoms with Crippen molar-refractivity contribution in [1.29, 1.82) is 0 Å². The van der Waals surface area contributed by atoms with Gasteiger partial charge in [0.15, 0.2) is 0 Å². The molecule has 88 valence electrons. The predicted octanol–water partition coefficient (Wildman–Crippen LogP) is 1.77. The van der Waals surface area contributed by atoms with Gasteiger partial charge in [-0.25, -0.2) is 4.79 Å². The molecule has 0 aromatic carbocycles. The Kier molecular flexibility index (Phi) is 3.60. The Hall–Kier alpha value is -0.770. The fraction of sp³-hybridized carbons (Fsp3) is 0.909. The first-order valence-corrected chi connectivity index (χ1v) is 5.51. The molecular weight excluding hydrogens is 194 g/mol. The van der Waals surface area contributed by atoms with Crippen LogP contribution in [0.4, 0.5) is 4.79 Å². The average Bonchev–Trinajstić information content (AvgIpc) is 1.99. The first-order chi connectivity index (χ1) is 6.83. The number of nitrogens with zero attached hydrogens (tertiary/aromatic N) is 1. The van der Waals surface area contributed by atoms with Gasteiger partial charge >= 0.3 is 6.09 Å². The van der Waals surface area contributed by atoms with E-state index in [1.165, 1.54) is 0 Å². The van der Waals surface area contributed by atoms with Gasteiger partial charge in [-0.05, 0) is 40.5 Å². The summed E-state index contributed by atoms with van der Waals surface area (Å²) < 4.78 is 5.29. The van der Waals surface area contributed by atoms with Crippen LogP contribution < -0.4 is 0 Å². The maximum absolute atomic E-state index is 11.8. The summed E-state index contributed by atoms with van der Waals surface area (Å²) in [5.41, 5.74) is -0.452. The quantitative estimate of drug-likeness (QED) is 0.763. The number of carbonyl (C=O) groups is 1. The van der Waals surface area contributed by atoms with Crippen LogP contribution in [-0.4, -0.2) is 40.4 Å². The molecule has 0 bridgehead atoms. The highest BCUT2D eigenvalue weighted by molar-refractivity contribution is 5.68. The maximum atomic E-state index is 11.8. The fourth-order valence-electron chi connectivity index (χ4n) is 1.67. The molecular formula is C11H21NO3. The van der Waals surface area contributed by atoms with Crippen LogP contribution in [0.1, 0.15) is 40.5 Å². The SMILES string of the molecule is CCN(C(=O)OC(C)(C)C)C1CC(O)C1. The van der Waals surface area contributed by atoms with Gasteiger partial charge in [-0.2, -0.15) is 0 Å². The van der Waals surface area contributed by atoms with Crippen LogP contribution in [0.15, 0.2) is 0 Å². The molecule has 0 heterocycles. The molecule has 1 fully saturated rings. The molecule has 1 amide bonds. The van der Waals surface area contributed by atoms with Gasteiger partial charge in [-0.1, -0.05) is 0 Å². The van der Waals surface area contributed by atoms with E-state index < -0.39 is 5.60 Å². The van der Waals surface area contributed by atoms with E-state index in [9.17, 15) is 9.90 Å². The summed E-state index contributed by atoms with van der Waals surface area (Å²) in [7, 11) is 0. The Morgan fingerprint density at radius 2 is 2.00 bits per heavy atom. The van der Waals surface area contributed by atoms with E-state index in [-0.39, 0.29) is 18.2 Å². The number of rotatable bonds is 2. The van der Waals surface area contributed by atoms with Crippen molar-refractivity contribution in [1.82, 2.24) is 4.90 Å². The summed E-state index contributed by atoms with van der Waals surface area (Å²) in [5.74, 6) is 0. The van der Waals surface area contributed by atoms with Crippen molar-refractivity contribution in [2.24, 2.45) is 0 Å². The number of aliphatic hydroxyl groups excluding tert-OH is 1. The van der Waals surface area contributed by atoms with E-state index in [4.69, 9.17) is 4.74 Å². The first kappa shape index (κ1) is 12.3. The van der Waals surface area contributed by atoms with Gasteiger partial charge in [0.25, 0.3) is 0 Å². The molecule has 0 unspecified atom stereocenters. The van der Waals surface area contributed by atoms with Crippen molar-refractivity contribution in [3.63, 3.8) is 0 Å². The zero-order chi connectivity index (χ0) is 11.6. The topological polar surface area (TPSA) is 49.8 Å². The molecule has 1 saturated carbocycles. The number of amides is 1. The van der Waals surface area contributed by atoms with E-state index in [1.807, 2.05) is 27.7 Å². The summed E-state index contributed by atoms with van der Waals surface area (Å²) in [6.07, 6.45) is 0.827. The highest BCUT2D eigenvalue weighted by Gasteiger charge is 2.35. The first-order valence-electron chi connectivity index (χ1n) is 5.51. The van der Waals surface area contributed by atoms with Crippen LogP contribution in [0.3, 0.4) is 0 Å². The summed E-state index contributed by atoms with van der Waals surface area (Å²) in [6.45, 7) is 8.12. The van der Waals surface area contributed by atoms with E-state index in [0.29, 0.717) is 19.4 Å². The van der Waals surface area contributed by atoms with Gasteiger partial charge in [0.2, 0.25) is 0 Å². The lowest BCUT2D eigenvalue weighted by Crippen LogP contribution is -2.51. The minimum atomic E-state index is -0.452. The molecule has 4 nitrogen and oxygen atoms in total. The fourth-order valence-corrected chi connectivity index (χ4v) is 1.67. The predicted molar refractivity (Wildman–Crippen MR) is 57.6 cm³/mol. The Balaban J connectivity index is 2.48. The van der Waals surface area contributed by atoms with Crippen molar-refractivity contribution in [3.8, 4) is 0 Å². The second kappa shape index (κ2) is 4.39. The van der Waals surface area contributed by atoms with E-state index >= 15 is 0 Å². The second-order valence-corrected chi connectivity index (χ2v) is 5.05.